The zero-order valence-corrected chi connectivity index (χ0v) is 13.5. The van der Waals surface area contributed by atoms with Gasteiger partial charge in [-0.3, -0.25) is 4.79 Å². The number of aryl methyl sites for hydroxylation is 2. The molecule has 2 aliphatic rings. The van der Waals surface area contributed by atoms with Gasteiger partial charge in [0.1, 0.15) is 12.2 Å². The molecule has 5 nitrogen and oxygen atoms in total. The van der Waals surface area contributed by atoms with E-state index in [1.165, 1.54) is 11.1 Å². The number of hydrogen-bond acceptors (Lipinski definition) is 3. The van der Waals surface area contributed by atoms with Crippen LogP contribution in [0.25, 0.3) is 0 Å². The van der Waals surface area contributed by atoms with Gasteiger partial charge in [-0.15, -0.1) is 10.2 Å². The van der Waals surface area contributed by atoms with Crippen LogP contribution in [0.15, 0.2) is 30.6 Å². The van der Waals surface area contributed by atoms with E-state index in [1.54, 1.807) is 6.33 Å². The molecule has 0 radical (unpaired) electrons. The van der Waals surface area contributed by atoms with Gasteiger partial charge in [0.2, 0.25) is 5.91 Å². The minimum atomic E-state index is 0.0672. The van der Waals surface area contributed by atoms with Crippen LogP contribution in [0.4, 0.5) is 0 Å². The first kappa shape index (κ1) is 14.4. The zero-order chi connectivity index (χ0) is 15.8. The van der Waals surface area contributed by atoms with Gasteiger partial charge in [0, 0.05) is 26.1 Å². The molecule has 5 heteroatoms. The normalized spacial score (nSPS) is 21.4. The van der Waals surface area contributed by atoms with Crippen LogP contribution >= 0.6 is 0 Å². The fourth-order valence-corrected chi connectivity index (χ4v) is 4.05. The van der Waals surface area contributed by atoms with Crippen molar-refractivity contribution < 1.29 is 4.79 Å². The molecular formula is C18H22N4O. The van der Waals surface area contributed by atoms with Gasteiger partial charge in [0.05, 0.1) is 5.92 Å². The largest absolute Gasteiger partial charge is 0.342 e. The molecule has 23 heavy (non-hydrogen) atoms. The summed E-state index contributed by atoms with van der Waals surface area (Å²) in [6.07, 6.45) is 5.70. The van der Waals surface area contributed by atoms with Crippen molar-refractivity contribution in [1.82, 2.24) is 19.7 Å². The number of amides is 1. The van der Waals surface area contributed by atoms with Gasteiger partial charge < -0.3 is 9.47 Å². The summed E-state index contributed by atoms with van der Waals surface area (Å²) in [7, 11) is 1.99. The fraction of sp³-hybridized carbons (Fsp3) is 0.500. The van der Waals surface area contributed by atoms with Crippen molar-refractivity contribution in [2.24, 2.45) is 7.05 Å². The van der Waals surface area contributed by atoms with Gasteiger partial charge in [-0.25, -0.2) is 0 Å². The van der Waals surface area contributed by atoms with Crippen molar-refractivity contribution in [2.45, 2.75) is 37.5 Å². The monoisotopic (exact) mass is 310 g/mol. The second-order valence-corrected chi connectivity index (χ2v) is 6.69. The molecule has 1 aromatic heterocycles. The predicted octanol–water partition coefficient (Wildman–Crippen LogP) is 2.25. The predicted molar refractivity (Wildman–Crippen MR) is 87.1 cm³/mol. The van der Waals surface area contributed by atoms with Crippen molar-refractivity contribution in [3.63, 3.8) is 0 Å². The second kappa shape index (κ2) is 5.80. The number of likely N-dealkylation sites (tertiary alicyclic amines) is 1. The molecule has 120 valence electrons. The zero-order valence-electron chi connectivity index (χ0n) is 13.5. The highest BCUT2D eigenvalue weighted by atomic mass is 16.2. The number of nitrogens with zero attached hydrogens (tertiary/aromatic N) is 4. The molecule has 0 bridgehead atoms. The molecule has 0 saturated carbocycles. The van der Waals surface area contributed by atoms with E-state index in [0.29, 0.717) is 11.8 Å². The summed E-state index contributed by atoms with van der Waals surface area (Å²) in [5, 5.41) is 8.20. The highest BCUT2D eigenvalue weighted by Crippen LogP contribution is 2.35. The second-order valence-electron chi connectivity index (χ2n) is 6.69. The molecule has 1 saturated heterocycles. The topological polar surface area (TPSA) is 51.0 Å². The first-order valence-corrected chi connectivity index (χ1v) is 8.44. The maximum atomic E-state index is 12.9. The maximum absolute atomic E-state index is 12.9. The van der Waals surface area contributed by atoms with E-state index in [0.717, 1.165) is 44.6 Å². The Labute approximate surface area is 136 Å². The quantitative estimate of drug-likeness (QED) is 0.855. The first-order chi connectivity index (χ1) is 11.2. The lowest BCUT2D eigenvalue weighted by molar-refractivity contribution is -0.133. The summed E-state index contributed by atoms with van der Waals surface area (Å²) < 4.78 is 2.00. The highest BCUT2D eigenvalue weighted by Gasteiger charge is 2.34. The number of benzene rings is 1. The minimum absolute atomic E-state index is 0.0672. The van der Waals surface area contributed by atoms with E-state index < -0.39 is 0 Å². The van der Waals surface area contributed by atoms with Crippen LogP contribution in [0.3, 0.4) is 0 Å². The van der Waals surface area contributed by atoms with Crippen molar-refractivity contribution in [1.29, 1.82) is 0 Å². The van der Waals surface area contributed by atoms with E-state index >= 15 is 0 Å². The van der Waals surface area contributed by atoms with Crippen molar-refractivity contribution in [3.8, 4) is 0 Å². The number of carbonyl (C=O) groups is 1. The molecule has 0 unspecified atom stereocenters. The van der Waals surface area contributed by atoms with Crippen LogP contribution in [0.2, 0.25) is 0 Å². The van der Waals surface area contributed by atoms with Crippen LogP contribution in [-0.2, 0) is 18.3 Å². The third kappa shape index (κ3) is 2.54. The third-order valence-corrected chi connectivity index (χ3v) is 5.35. The number of carbonyl (C=O) groups excluding carboxylic acids is 1. The van der Waals surface area contributed by atoms with Gasteiger partial charge in [0.25, 0.3) is 0 Å². The average Bonchev–Trinajstić information content (AvgIpc) is 3.20. The highest BCUT2D eigenvalue weighted by molar-refractivity contribution is 5.85. The van der Waals surface area contributed by atoms with Crippen LogP contribution < -0.4 is 0 Å². The van der Waals surface area contributed by atoms with Crippen molar-refractivity contribution in [2.75, 3.05) is 13.1 Å². The van der Waals surface area contributed by atoms with E-state index in [2.05, 4.69) is 33.3 Å². The first-order valence-electron chi connectivity index (χ1n) is 8.44. The van der Waals surface area contributed by atoms with E-state index in [4.69, 9.17) is 0 Å². The standard InChI is InChI=1S/C18H22N4O/c1-21-12-19-20-17(21)14-8-10-22(11-9-14)18(23)16-7-6-13-4-2-3-5-15(13)16/h2-5,12,14,16H,6-11H2,1H3/t16-/m1/s1. The summed E-state index contributed by atoms with van der Waals surface area (Å²) in [5.41, 5.74) is 2.59. The summed E-state index contributed by atoms with van der Waals surface area (Å²) in [6.45, 7) is 1.66. The number of hydrogen-bond donors (Lipinski definition) is 0. The van der Waals surface area contributed by atoms with Crippen LogP contribution in [0, 0.1) is 0 Å². The van der Waals surface area contributed by atoms with Gasteiger partial charge >= 0.3 is 0 Å². The van der Waals surface area contributed by atoms with Crippen molar-refractivity contribution >= 4 is 5.91 Å². The summed E-state index contributed by atoms with van der Waals surface area (Å²) >= 11 is 0. The maximum Gasteiger partial charge on any atom is 0.230 e. The van der Waals surface area contributed by atoms with E-state index in [1.807, 2.05) is 17.7 Å². The Morgan fingerprint density at radius 1 is 1.17 bits per heavy atom. The Morgan fingerprint density at radius 3 is 2.70 bits per heavy atom. The Bertz CT molecular complexity index is 715. The van der Waals surface area contributed by atoms with Crippen LogP contribution in [0.5, 0.6) is 0 Å². The number of fused-ring (bicyclic) bond motifs is 1. The molecule has 0 spiro atoms. The van der Waals surface area contributed by atoms with Crippen LogP contribution in [0.1, 0.15) is 48.0 Å². The summed E-state index contributed by atoms with van der Waals surface area (Å²) in [5.74, 6) is 1.84. The minimum Gasteiger partial charge on any atom is -0.342 e. The van der Waals surface area contributed by atoms with Crippen LogP contribution in [-0.4, -0.2) is 38.7 Å². The summed E-state index contributed by atoms with van der Waals surface area (Å²) in [4.78, 5) is 15.0. The molecule has 1 aliphatic heterocycles. The van der Waals surface area contributed by atoms with Gasteiger partial charge in [-0.1, -0.05) is 24.3 Å². The number of piperidine rings is 1. The Balaban J connectivity index is 1.43. The van der Waals surface area contributed by atoms with E-state index in [-0.39, 0.29) is 5.92 Å². The van der Waals surface area contributed by atoms with Gasteiger partial charge in [-0.05, 0) is 36.8 Å². The molecule has 1 fully saturated rings. The molecule has 1 atom stereocenters. The Morgan fingerprint density at radius 2 is 1.96 bits per heavy atom. The molecular weight excluding hydrogens is 288 g/mol. The van der Waals surface area contributed by atoms with E-state index in [9.17, 15) is 4.79 Å². The Kier molecular flexibility index (Phi) is 3.63. The molecule has 2 heterocycles. The Hall–Kier alpha value is -2.17. The lowest BCUT2D eigenvalue weighted by Crippen LogP contribution is -2.40. The molecule has 0 N–H and O–H groups in total. The smallest absolute Gasteiger partial charge is 0.230 e. The lowest BCUT2D eigenvalue weighted by atomic mass is 9.93. The van der Waals surface area contributed by atoms with Gasteiger partial charge in [-0.2, -0.15) is 0 Å². The fourth-order valence-electron chi connectivity index (χ4n) is 4.05. The summed E-state index contributed by atoms with van der Waals surface area (Å²) in [6, 6.07) is 8.39. The molecule has 4 rings (SSSR count). The molecule has 2 aromatic rings. The number of rotatable bonds is 2. The number of aromatic nitrogens is 3. The van der Waals surface area contributed by atoms with Crippen molar-refractivity contribution in [3.05, 3.63) is 47.5 Å². The van der Waals surface area contributed by atoms with Gasteiger partial charge in [0.15, 0.2) is 0 Å². The molecule has 1 aromatic carbocycles. The SMILES string of the molecule is Cn1cnnc1C1CCN(C(=O)[C@@H]2CCc3ccccc32)CC1. The molecule has 1 amide bonds. The lowest BCUT2D eigenvalue weighted by Gasteiger charge is -2.33. The molecule has 1 aliphatic carbocycles. The third-order valence-electron chi connectivity index (χ3n) is 5.35. The average molecular weight is 310 g/mol.